The zero-order valence-electron chi connectivity index (χ0n) is 29.4. The Hall–Kier alpha value is -4.08. The summed E-state index contributed by atoms with van der Waals surface area (Å²) in [5.74, 6) is -1.83. The maximum Gasteiger partial charge on any atom is 0.408 e. The van der Waals surface area contributed by atoms with E-state index in [1.54, 1.807) is 66.7 Å². The molecule has 1 aliphatic rings. The summed E-state index contributed by atoms with van der Waals surface area (Å²) < 4.78 is 11.2. The van der Waals surface area contributed by atoms with Gasteiger partial charge in [0.25, 0.3) is 0 Å². The van der Waals surface area contributed by atoms with Gasteiger partial charge in [0.15, 0.2) is 0 Å². The molecule has 1 saturated carbocycles. The molecule has 3 N–H and O–H groups in total. The van der Waals surface area contributed by atoms with Crippen LogP contribution < -0.4 is 10.6 Å². The van der Waals surface area contributed by atoms with Crippen molar-refractivity contribution in [2.24, 2.45) is 5.92 Å². The Kier molecular flexibility index (Phi) is 12.5. The summed E-state index contributed by atoms with van der Waals surface area (Å²) in [6.45, 7) is 16.1. The average Bonchev–Trinajstić information content (AvgIpc) is 2.91. The fourth-order valence-corrected chi connectivity index (χ4v) is 5.49. The van der Waals surface area contributed by atoms with E-state index in [0.29, 0.717) is 24.8 Å². The smallest absolute Gasteiger partial charge is 0.408 e. The summed E-state index contributed by atoms with van der Waals surface area (Å²) in [6, 6.07) is 10.6. The molecule has 3 rings (SSSR count). The Labute approximate surface area is 279 Å². The number of hydrogen-bond donors (Lipinski definition) is 3. The number of carbonyl (C=O) groups is 4. The molecule has 2 aromatic rings. The SMILES string of the molecule is Cc1cccc(C(C(=O)NC(Cc2ccccc2)C(=O)OC(C)(C)C)N(C(=O)C(CC(C)C)NC(=O)OC(C)(C)C)C2CCC2)c1O. The molecule has 0 bridgehead atoms. The fraction of sp³-hybridized carbons (Fsp3) is 0.568. The summed E-state index contributed by atoms with van der Waals surface area (Å²) in [7, 11) is 0. The lowest BCUT2D eigenvalue weighted by Gasteiger charge is -2.44. The number of phenols is 1. The molecular formula is C37H53N3O7. The standard InChI is InChI=1S/C37H53N3O7/c1-23(2)21-28(39-35(45)47-37(7,8)9)33(43)40(26-18-14-19-26)30(27-20-13-15-24(3)31(27)41)32(42)38-29(34(44)46-36(4,5)6)22-25-16-11-10-12-17-25/h10-13,15-17,20,23,26,28-30,41H,14,18-19,21-22H2,1-9H3,(H,38,42)(H,39,45). The highest BCUT2D eigenvalue weighted by Crippen LogP contribution is 2.38. The molecular weight excluding hydrogens is 598 g/mol. The number of para-hydroxylation sites is 1. The van der Waals surface area contributed by atoms with Crippen LogP contribution in [0.4, 0.5) is 4.79 Å². The van der Waals surface area contributed by atoms with Gasteiger partial charge < -0.3 is 30.1 Å². The van der Waals surface area contributed by atoms with Gasteiger partial charge in [0.1, 0.15) is 35.1 Å². The first-order valence-electron chi connectivity index (χ1n) is 16.5. The molecule has 258 valence electrons. The van der Waals surface area contributed by atoms with Crippen LogP contribution in [0, 0.1) is 12.8 Å². The van der Waals surface area contributed by atoms with Gasteiger partial charge in [-0.3, -0.25) is 9.59 Å². The van der Waals surface area contributed by atoms with Gasteiger partial charge >= 0.3 is 12.1 Å². The summed E-state index contributed by atoms with van der Waals surface area (Å²) in [4.78, 5) is 57.2. The number of nitrogens with zero attached hydrogens (tertiary/aromatic N) is 1. The van der Waals surface area contributed by atoms with Gasteiger partial charge in [-0.15, -0.1) is 0 Å². The second-order valence-electron chi connectivity index (χ2n) is 14.9. The second-order valence-corrected chi connectivity index (χ2v) is 14.9. The number of hydrogen-bond acceptors (Lipinski definition) is 7. The van der Waals surface area contributed by atoms with Crippen molar-refractivity contribution < 1.29 is 33.8 Å². The van der Waals surface area contributed by atoms with Gasteiger partial charge in [-0.2, -0.15) is 0 Å². The van der Waals surface area contributed by atoms with E-state index in [1.807, 2.05) is 44.2 Å². The Morgan fingerprint density at radius 1 is 0.872 bits per heavy atom. The molecule has 0 heterocycles. The van der Waals surface area contributed by atoms with Crippen molar-refractivity contribution in [3.05, 3.63) is 65.2 Å². The van der Waals surface area contributed by atoms with Gasteiger partial charge in [-0.25, -0.2) is 9.59 Å². The molecule has 1 aliphatic carbocycles. The third-order valence-electron chi connectivity index (χ3n) is 7.80. The summed E-state index contributed by atoms with van der Waals surface area (Å²) in [6.07, 6.45) is 1.85. The number of amides is 3. The van der Waals surface area contributed by atoms with Crippen LogP contribution in [0.3, 0.4) is 0 Å². The molecule has 10 nitrogen and oxygen atoms in total. The van der Waals surface area contributed by atoms with Gasteiger partial charge in [0.2, 0.25) is 11.8 Å². The van der Waals surface area contributed by atoms with Crippen LogP contribution in [0.25, 0.3) is 0 Å². The van der Waals surface area contributed by atoms with E-state index in [0.717, 1.165) is 12.0 Å². The number of aryl methyl sites for hydroxylation is 1. The molecule has 3 atom stereocenters. The van der Waals surface area contributed by atoms with Crippen LogP contribution in [0.2, 0.25) is 0 Å². The van der Waals surface area contributed by atoms with Crippen LogP contribution in [0.5, 0.6) is 5.75 Å². The number of rotatable bonds is 12. The topological polar surface area (TPSA) is 134 Å². The van der Waals surface area contributed by atoms with E-state index >= 15 is 0 Å². The number of phenolic OH excluding ortho intramolecular Hbond substituents is 1. The lowest BCUT2D eigenvalue weighted by Crippen LogP contribution is -2.59. The van der Waals surface area contributed by atoms with Crippen molar-refractivity contribution in [2.75, 3.05) is 0 Å². The molecule has 2 aromatic carbocycles. The van der Waals surface area contributed by atoms with Crippen LogP contribution in [0.15, 0.2) is 48.5 Å². The molecule has 3 unspecified atom stereocenters. The Morgan fingerprint density at radius 2 is 1.49 bits per heavy atom. The van der Waals surface area contributed by atoms with Crippen LogP contribution >= 0.6 is 0 Å². The molecule has 0 aromatic heterocycles. The van der Waals surface area contributed by atoms with E-state index in [4.69, 9.17) is 9.47 Å². The molecule has 0 aliphatic heterocycles. The van der Waals surface area contributed by atoms with Crippen molar-refractivity contribution >= 4 is 23.9 Å². The summed E-state index contributed by atoms with van der Waals surface area (Å²) >= 11 is 0. The minimum absolute atomic E-state index is 0.0178. The predicted molar refractivity (Wildman–Crippen MR) is 181 cm³/mol. The minimum atomic E-state index is -1.30. The van der Waals surface area contributed by atoms with Crippen LogP contribution in [-0.4, -0.2) is 63.2 Å². The Balaban J connectivity index is 2.11. The number of esters is 1. The zero-order chi connectivity index (χ0) is 35.1. The van der Waals surface area contributed by atoms with Crippen LogP contribution in [0.1, 0.15) is 104 Å². The number of benzene rings is 2. The summed E-state index contributed by atoms with van der Waals surface area (Å²) in [5, 5.41) is 17.0. The van der Waals surface area contributed by atoms with Gasteiger partial charge in [-0.1, -0.05) is 62.4 Å². The first kappa shape index (κ1) is 37.4. The number of nitrogens with one attached hydrogen (secondary N) is 2. The lowest BCUT2D eigenvalue weighted by atomic mass is 9.87. The van der Waals surface area contributed by atoms with E-state index in [2.05, 4.69) is 10.6 Å². The monoisotopic (exact) mass is 651 g/mol. The normalized spacial score (nSPS) is 15.5. The molecule has 1 fully saturated rings. The number of ether oxygens (including phenoxy) is 2. The van der Waals surface area contributed by atoms with Gasteiger partial charge in [0, 0.05) is 18.0 Å². The largest absolute Gasteiger partial charge is 0.507 e. The lowest BCUT2D eigenvalue weighted by molar-refractivity contribution is -0.159. The zero-order valence-corrected chi connectivity index (χ0v) is 29.4. The van der Waals surface area contributed by atoms with E-state index in [9.17, 15) is 24.3 Å². The van der Waals surface area contributed by atoms with Crippen LogP contribution in [-0.2, 0) is 30.3 Å². The van der Waals surface area contributed by atoms with Gasteiger partial charge in [-0.05, 0) is 91.2 Å². The molecule has 0 radical (unpaired) electrons. The highest BCUT2D eigenvalue weighted by Gasteiger charge is 2.44. The fourth-order valence-electron chi connectivity index (χ4n) is 5.49. The first-order chi connectivity index (χ1) is 21.9. The van der Waals surface area contributed by atoms with Crippen molar-refractivity contribution in [1.29, 1.82) is 0 Å². The first-order valence-corrected chi connectivity index (χ1v) is 16.5. The predicted octanol–water partition coefficient (Wildman–Crippen LogP) is 6.13. The maximum absolute atomic E-state index is 14.6. The summed E-state index contributed by atoms with van der Waals surface area (Å²) in [5.41, 5.74) is -0.0278. The van der Waals surface area contributed by atoms with Crippen molar-refractivity contribution in [1.82, 2.24) is 15.5 Å². The van der Waals surface area contributed by atoms with E-state index in [1.165, 1.54) is 4.90 Å². The number of aromatic hydroxyl groups is 1. The molecule has 10 heteroatoms. The Bertz CT molecular complexity index is 1390. The van der Waals surface area contributed by atoms with Crippen molar-refractivity contribution in [2.45, 2.75) is 130 Å². The third kappa shape index (κ3) is 11.0. The third-order valence-corrected chi connectivity index (χ3v) is 7.80. The van der Waals surface area contributed by atoms with Crippen molar-refractivity contribution in [3.63, 3.8) is 0 Å². The average molecular weight is 652 g/mol. The van der Waals surface area contributed by atoms with Gasteiger partial charge in [0.05, 0.1) is 0 Å². The molecule has 0 spiro atoms. The minimum Gasteiger partial charge on any atom is -0.507 e. The Morgan fingerprint density at radius 3 is 2.02 bits per heavy atom. The quantitative estimate of drug-likeness (QED) is 0.235. The molecule has 47 heavy (non-hydrogen) atoms. The van der Waals surface area contributed by atoms with Crippen molar-refractivity contribution in [3.8, 4) is 5.75 Å². The maximum atomic E-state index is 14.6. The molecule has 3 amide bonds. The number of carbonyl (C=O) groups excluding carboxylic acids is 4. The highest BCUT2D eigenvalue weighted by atomic mass is 16.6. The molecule has 0 saturated heterocycles. The van der Waals surface area contributed by atoms with E-state index in [-0.39, 0.29) is 29.7 Å². The number of alkyl carbamates (subject to hydrolysis) is 1. The highest BCUT2D eigenvalue weighted by molar-refractivity contribution is 5.94. The second kappa shape index (κ2) is 15.7. The van der Waals surface area contributed by atoms with E-state index < -0.39 is 53.2 Å².